The first kappa shape index (κ1) is 16.4. The van der Waals surface area contributed by atoms with Crippen LogP contribution in [0.1, 0.15) is 18.4 Å². The SMILES string of the molecule is O=C(O)C1CC(S(=O)(=O)NC2COc3ccc4ccccc4c3C2)C1. The van der Waals surface area contributed by atoms with Crippen molar-refractivity contribution in [1.29, 1.82) is 0 Å². The Morgan fingerprint density at radius 1 is 1.16 bits per heavy atom. The molecule has 2 aromatic carbocycles. The van der Waals surface area contributed by atoms with Crippen LogP contribution in [-0.2, 0) is 21.2 Å². The number of nitrogens with one attached hydrogen (secondary N) is 1. The minimum absolute atomic E-state index is 0.178. The first-order valence-corrected chi connectivity index (χ1v) is 9.86. The molecule has 2 N–H and O–H groups in total. The van der Waals surface area contributed by atoms with Gasteiger partial charge in [-0.3, -0.25) is 4.79 Å². The molecule has 1 saturated carbocycles. The van der Waals surface area contributed by atoms with Crippen molar-refractivity contribution in [2.24, 2.45) is 5.92 Å². The van der Waals surface area contributed by atoms with E-state index < -0.39 is 27.2 Å². The van der Waals surface area contributed by atoms with Crippen molar-refractivity contribution in [3.8, 4) is 5.75 Å². The van der Waals surface area contributed by atoms with Gasteiger partial charge in [0.1, 0.15) is 12.4 Å². The molecule has 1 fully saturated rings. The van der Waals surface area contributed by atoms with Gasteiger partial charge in [0, 0.05) is 5.56 Å². The Kier molecular flexibility index (Phi) is 3.92. The van der Waals surface area contributed by atoms with Gasteiger partial charge in [-0.2, -0.15) is 0 Å². The number of carbonyl (C=O) groups is 1. The number of aliphatic carboxylic acids is 1. The normalized spacial score (nSPS) is 25.7. The zero-order valence-electron chi connectivity index (χ0n) is 13.5. The summed E-state index contributed by atoms with van der Waals surface area (Å²) >= 11 is 0. The standard InChI is InChI=1S/C18H19NO5S/c20-18(21)12-7-14(8-12)25(22,23)19-13-9-16-15-4-2-1-3-11(15)5-6-17(16)24-10-13/h1-6,12-14,19H,7-10H2,(H,20,21). The Balaban J connectivity index is 1.51. The lowest BCUT2D eigenvalue weighted by Crippen LogP contribution is -2.50. The summed E-state index contributed by atoms with van der Waals surface area (Å²) in [7, 11) is -3.54. The molecule has 25 heavy (non-hydrogen) atoms. The van der Waals surface area contributed by atoms with Gasteiger partial charge < -0.3 is 9.84 Å². The fraction of sp³-hybridized carbons (Fsp3) is 0.389. The van der Waals surface area contributed by atoms with E-state index in [2.05, 4.69) is 4.72 Å². The highest BCUT2D eigenvalue weighted by Crippen LogP contribution is 2.35. The maximum atomic E-state index is 12.5. The van der Waals surface area contributed by atoms with E-state index in [-0.39, 0.29) is 25.5 Å². The molecule has 2 aliphatic rings. The smallest absolute Gasteiger partial charge is 0.306 e. The van der Waals surface area contributed by atoms with Gasteiger partial charge in [0.25, 0.3) is 0 Å². The number of fused-ring (bicyclic) bond motifs is 3. The minimum atomic E-state index is -3.54. The zero-order valence-corrected chi connectivity index (χ0v) is 14.3. The van der Waals surface area contributed by atoms with Gasteiger partial charge in [0.05, 0.1) is 17.2 Å². The number of hydrogen-bond acceptors (Lipinski definition) is 4. The molecular formula is C18H19NO5S. The van der Waals surface area contributed by atoms with Gasteiger partial charge in [0.15, 0.2) is 0 Å². The molecule has 1 aliphatic carbocycles. The van der Waals surface area contributed by atoms with Gasteiger partial charge in [-0.15, -0.1) is 0 Å². The van der Waals surface area contributed by atoms with Crippen LogP contribution in [0.5, 0.6) is 5.75 Å². The molecule has 132 valence electrons. The summed E-state index contributed by atoms with van der Waals surface area (Å²) in [6.07, 6.45) is 0.917. The van der Waals surface area contributed by atoms with Gasteiger partial charge in [-0.25, -0.2) is 13.1 Å². The first-order chi connectivity index (χ1) is 11.9. The van der Waals surface area contributed by atoms with E-state index in [1.807, 2.05) is 36.4 Å². The first-order valence-electron chi connectivity index (χ1n) is 8.31. The molecule has 1 aliphatic heterocycles. The van der Waals surface area contributed by atoms with Crippen molar-refractivity contribution >= 4 is 26.8 Å². The van der Waals surface area contributed by atoms with Crippen molar-refractivity contribution in [1.82, 2.24) is 4.72 Å². The second-order valence-electron chi connectivity index (χ2n) is 6.77. The second-order valence-corrected chi connectivity index (χ2v) is 8.76. The van der Waals surface area contributed by atoms with E-state index in [1.54, 1.807) is 0 Å². The molecule has 7 heteroatoms. The molecule has 6 nitrogen and oxygen atoms in total. The van der Waals surface area contributed by atoms with E-state index in [4.69, 9.17) is 9.84 Å². The molecule has 2 aromatic rings. The lowest BCUT2D eigenvalue weighted by Gasteiger charge is -2.34. The Morgan fingerprint density at radius 2 is 1.92 bits per heavy atom. The average Bonchev–Trinajstić information content (AvgIpc) is 2.52. The van der Waals surface area contributed by atoms with Crippen LogP contribution in [-0.4, -0.2) is 37.4 Å². The summed E-state index contributed by atoms with van der Waals surface area (Å²) in [5.74, 6) is -0.676. The van der Waals surface area contributed by atoms with Crippen molar-refractivity contribution in [3.05, 3.63) is 42.0 Å². The van der Waals surface area contributed by atoms with Crippen LogP contribution < -0.4 is 9.46 Å². The van der Waals surface area contributed by atoms with E-state index in [0.717, 1.165) is 22.1 Å². The van der Waals surface area contributed by atoms with E-state index in [1.165, 1.54) is 0 Å². The highest BCUT2D eigenvalue weighted by Gasteiger charge is 2.43. The van der Waals surface area contributed by atoms with Crippen molar-refractivity contribution in [2.45, 2.75) is 30.6 Å². The van der Waals surface area contributed by atoms with Crippen molar-refractivity contribution < 1.29 is 23.1 Å². The highest BCUT2D eigenvalue weighted by molar-refractivity contribution is 7.90. The number of carboxylic acid groups (broad SMARTS) is 1. The van der Waals surface area contributed by atoms with Crippen molar-refractivity contribution in [2.75, 3.05) is 6.61 Å². The van der Waals surface area contributed by atoms with E-state index >= 15 is 0 Å². The quantitative estimate of drug-likeness (QED) is 0.868. The summed E-state index contributed by atoms with van der Waals surface area (Å²) in [5, 5.41) is 10.5. The monoisotopic (exact) mass is 361 g/mol. The molecular weight excluding hydrogens is 342 g/mol. The Morgan fingerprint density at radius 3 is 2.68 bits per heavy atom. The molecule has 1 atom stereocenters. The van der Waals surface area contributed by atoms with Gasteiger partial charge in [-0.1, -0.05) is 30.3 Å². The summed E-state index contributed by atoms with van der Waals surface area (Å²) in [4.78, 5) is 10.9. The van der Waals surface area contributed by atoms with Crippen LogP contribution >= 0.6 is 0 Å². The predicted molar refractivity (Wildman–Crippen MR) is 93.1 cm³/mol. The molecule has 0 aromatic heterocycles. The predicted octanol–water partition coefficient (Wildman–Crippen LogP) is 1.93. The molecule has 1 unspecified atom stereocenters. The zero-order chi connectivity index (χ0) is 17.6. The Bertz CT molecular complexity index is 934. The lowest BCUT2D eigenvalue weighted by atomic mass is 9.85. The molecule has 0 saturated heterocycles. The van der Waals surface area contributed by atoms with Crippen LogP contribution in [0.2, 0.25) is 0 Å². The molecule has 1 heterocycles. The van der Waals surface area contributed by atoms with E-state index in [9.17, 15) is 13.2 Å². The average molecular weight is 361 g/mol. The number of hydrogen-bond donors (Lipinski definition) is 2. The van der Waals surface area contributed by atoms with Gasteiger partial charge in [-0.05, 0) is 36.1 Å². The summed E-state index contributed by atoms with van der Waals surface area (Å²) in [5.41, 5.74) is 1.01. The number of benzene rings is 2. The summed E-state index contributed by atoms with van der Waals surface area (Å²) in [6, 6.07) is 11.5. The van der Waals surface area contributed by atoms with Crippen LogP contribution in [0, 0.1) is 5.92 Å². The Labute approximate surface area is 145 Å². The third-order valence-corrected chi connectivity index (χ3v) is 7.03. The molecule has 0 bridgehead atoms. The number of rotatable bonds is 4. The molecule has 0 amide bonds. The molecule has 0 spiro atoms. The number of sulfonamides is 1. The van der Waals surface area contributed by atoms with Crippen LogP contribution in [0.25, 0.3) is 10.8 Å². The summed E-state index contributed by atoms with van der Waals surface area (Å²) in [6.45, 7) is 0.277. The highest BCUT2D eigenvalue weighted by atomic mass is 32.2. The van der Waals surface area contributed by atoms with Gasteiger partial charge >= 0.3 is 5.97 Å². The third kappa shape index (κ3) is 2.98. The molecule has 4 rings (SSSR count). The van der Waals surface area contributed by atoms with Crippen LogP contribution in [0.4, 0.5) is 0 Å². The van der Waals surface area contributed by atoms with Gasteiger partial charge in [0.2, 0.25) is 10.0 Å². The maximum absolute atomic E-state index is 12.5. The van der Waals surface area contributed by atoms with E-state index in [0.29, 0.717) is 6.42 Å². The molecule has 0 radical (unpaired) electrons. The Hall–Kier alpha value is -2.12. The van der Waals surface area contributed by atoms with Crippen molar-refractivity contribution in [3.63, 3.8) is 0 Å². The van der Waals surface area contributed by atoms with Crippen LogP contribution in [0.3, 0.4) is 0 Å². The van der Waals surface area contributed by atoms with Crippen LogP contribution in [0.15, 0.2) is 36.4 Å². The summed E-state index contributed by atoms with van der Waals surface area (Å²) < 4.78 is 33.4. The largest absolute Gasteiger partial charge is 0.492 e. The minimum Gasteiger partial charge on any atom is -0.492 e. The number of ether oxygens (including phenoxy) is 1. The topological polar surface area (TPSA) is 92.7 Å². The lowest BCUT2D eigenvalue weighted by molar-refractivity contribution is -0.144. The fourth-order valence-corrected chi connectivity index (χ4v) is 5.36. The number of carboxylic acids is 1. The fourth-order valence-electron chi connectivity index (χ4n) is 3.58. The maximum Gasteiger partial charge on any atom is 0.306 e. The third-order valence-electron chi connectivity index (χ3n) is 5.10. The second kappa shape index (κ2) is 6.00.